The summed E-state index contributed by atoms with van der Waals surface area (Å²) >= 11 is 0. The van der Waals surface area contributed by atoms with Crippen LogP contribution in [0.4, 0.5) is 8.78 Å². The molecule has 0 aliphatic rings. The summed E-state index contributed by atoms with van der Waals surface area (Å²) in [7, 11) is 5.01. The van der Waals surface area contributed by atoms with Crippen molar-refractivity contribution >= 4 is 5.97 Å². The summed E-state index contributed by atoms with van der Waals surface area (Å²) in [5.74, 6) is -0.631. The first-order valence-corrected chi connectivity index (χ1v) is 5.88. The third-order valence-corrected chi connectivity index (χ3v) is 2.39. The second-order valence-electron chi connectivity index (χ2n) is 4.18. The molecule has 0 aliphatic carbocycles. The van der Waals surface area contributed by atoms with E-state index < -0.39 is 12.6 Å². The van der Waals surface area contributed by atoms with Crippen molar-refractivity contribution in [3.63, 3.8) is 0 Å². The highest BCUT2D eigenvalue weighted by atomic mass is 19.3. The van der Waals surface area contributed by atoms with Gasteiger partial charge >= 0.3 is 12.6 Å². The Morgan fingerprint density at radius 2 is 2.00 bits per heavy atom. The van der Waals surface area contributed by atoms with Gasteiger partial charge in [0.15, 0.2) is 11.5 Å². The highest BCUT2D eigenvalue weighted by Crippen LogP contribution is 2.29. The quantitative estimate of drug-likeness (QED) is 0.719. The number of carbonyl (C=O) groups excluding carboxylic acids is 1. The van der Waals surface area contributed by atoms with E-state index in [9.17, 15) is 13.6 Å². The summed E-state index contributed by atoms with van der Waals surface area (Å²) in [5.41, 5.74) is 0.210. The van der Waals surface area contributed by atoms with Gasteiger partial charge in [-0.3, -0.25) is 0 Å². The maximum Gasteiger partial charge on any atom is 0.387 e. The van der Waals surface area contributed by atoms with Crippen LogP contribution in [0.25, 0.3) is 0 Å². The Kier molecular flexibility index (Phi) is 6.17. The number of halogens is 2. The Labute approximate surface area is 116 Å². The smallest absolute Gasteiger partial charge is 0.387 e. The highest BCUT2D eigenvalue weighted by Gasteiger charge is 2.14. The molecule has 0 saturated carbocycles. The van der Waals surface area contributed by atoms with Crippen molar-refractivity contribution in [2.24, 2.45) is 0 Å². The van der Waals surface area contributed by atoms with Crippen LogP contribution in [0.15, 0.2) is 18.2 Å². The monoisotopic (exact) mass is 289 g/mol. The number of methoxy groups -OCH3 is 1. The van der Waals surface area contributed by atoms with E-state index in [1.165, 1.54) is 25.3 Å². The van der Waals surface area contributed by atoms with Gasteiger partial charge in [-0.2, -0.15) is 8.78 Å². The lowest BCUT2D eigenvalue weighted by Crippen LogP contribution is -2.20. The zero-order chi connectivity index (χ0) is 15.1. The maximum atomic E-state index is 12.2. The van der Waals surface area contributed by atoms with E-state index in [1.54, 1.807) is 0 Å². The number of hydrogen-bond donors (Lipinski definition) is 0. The van der Waals surface area contributed by atoms with Crippen molar-refractivity contribution in [2.75, 3.05) is 34.4 Å². The zero-order valence-corrected chi connectivity index (χ0v) is 11.6. The number of carbonyl (C=O) groups is 1. The molecule has 0 saturated heterocycles. The van der Waals surface area contributed by atoms with Crippen LogP contribution in [0.5, 0.6) is 11.5 Å². The molecule has 7 heteroatoms. The van der Waals surface area contributed by atoms with Crippen LogP contribution < -0.4 is 9.47 Å². The van der Waals surface area contributed by atoms with Gasteiger partial charge in [0.25, 0.3) is 0 Å². The molecule has 0 unspecified atom stereocenters. The van der Waals surface area contributed by atoms with Gasteiger partial charge in [0.05, 0.1) is 12.7 Å². The molecule has 0 aromatic heterocycles. The van der Waals surface area contributed by atoms with Crippen molar-refractivity contribution in [1.29, 1.82) is 0 Å². The summed E-state index contributed by atoms with van der Waals surface area (Å²) < 4.78 is 38.5. The molecule has 0 N–H and O–H groups in total. The Balaban J connectivity index is 2.73. The maximum absolute atomic E-state index is 12.2. The van der Waals surface area contributed by atoms with Gasteiger partial charge < -0.3 is 19.1 Å². The molecule has 112 valence electrons. The second-order valence-corrected chi connectivity index (χ2v) is 4.18. The number of esters is 1. The predicted molar refractivity (Wildman–Crippen MR) is 68.5 cm³/mol. The average molecular weight is 289 g/mol. The standard InChI is InChI=1S/C13H17F2NO4/c1-16(2)6-7-19-12(17)9-4-5-10(20-13(14)15)11(8-9)18-3/h4-5,8,13H,6-7H2,1-3H3. The molecule has 0 atom stereocenters. The van der Waals surface area contributed by atoms with E-state index in [0.29, 0.717) is 6.54 Å². The normalized spacial score (nSPS) is 10.8. The van der Waals surface area contributed by atoms with Crippen LogP contribution in [0.2, 0.25) is 0 Å². The van der Waals surface area contributed by atoms with Gasteiger partial charge in [-0.05, 0) is 32.3 Å². The van der Waals surface area contributed by atoms with Gasteiger partial charge in [-0.1, -0.05) is 0 Å². The Bertz CT molecular complexity index is 452. The molecule has 1 aromatic carbocycles. The fourth-order valence-corrected chi connectivity index (χ4v) is 1.39. The molecule has 1 aromatic rings. The van der Waals surface area contributed by atoms with Gasteiger partial charge in [-0.25, -0.2) is 4.79 Å². The molecule has 0 heterocycles. The summed E-state index contributed by atoms with van der Waals surface area (Å²) in [6.07, 6.45) is 0. The lowest BCUT2D eigenvalue weighted by molar-refractivity contribution is -0.0512. The fourth-order valence-electron chi connectivity index (χ4n) is 1.39. The second kappa shape index (κ2) is 7.64. The van der Waals surface area contributed by atoms with E-state index in [0.717, 1.165) is 0 Å². The van der Waals surface area contributed by atoms with E-state index in [2.05, 4.69) is 4.74 Å². The van der Waals surface area contributed by atoms with Crippen molar-refractivity contribution in [1.82, 2.24) is 4.90 Å². The zero-order valence-electron chi connectivity index (χ0n) is 11.6. The summed E-state index contributed by atoms with van der Waals surface area (Å²) in [6, 6.07) is 3.89. The third-order valence-electron chi connectivity index (χ3n) is 2.39. The van der Waals surface area contributed by atoms with E-state index in [-0.39, 0.29) is 23.7 Å². The molecule has 0 aliphatic heterocycles. The molecule has 0 spiro atoms. The van der Waals surface area contributed by atoms with Gasteiger partial charge in [0.1, 0.15) is 6.61 Å². The number of benzene rings is 1. The number of alkyl halides is 2. The number of likely N-dealkylation sites (N-methyl/N-ethyl adjacent to an activating group) is 1. The molecule has 0 fully saturated rings. The number of ether oxygens (including phenoxy) is 3. The molecule has 1 rings (SSSR count). The SMILES string of the molecule is COc1cc(C(=O)OCCN(C)C)ccc1OC(F)F. The van der Waals surface area contributed by atoms with Crippen molar-refractivity contribution < 1.29 is 27.8 Å². The van der Waals surface area contributed by atoms with Crippen LogP contribution in [0.3, 0.4) is 0 Å². The lowest BCUT2D eigenvalue weighted by atomic mass is 10.2. The molecule has 0 amide bonds. The number of rotatable bonds is 7. The Morgan fingerprint density at radius 1 is 1.30 bits per heavy atom. The van der Waals surface area contributed by atoms with Crippen LogP contribution >= 0.6 is 0 Å². The molecule has 0 bridgehead atoms. The van der Waals surface area contributed by atoms with Crippen molar-refractivity contribution in [3.8, 4) is 11.5 Å². The van der Waals surface area contributed by atoms with Crippen LogP contribution in [0.1, 0.15) is 10.4 Å². The number of nitrogens with zero attached hydrogens (tertiary/aromatic N) is 1. The average Bonchev–Trinajstić information content (AvgIpc) is 2.37. The summed E-state index contributed by atoms with van der Waals surface area (Å²) in [5, 5.41) is 0. The minimum absolute atomic E-state index is 0.0485. The first-order chi connectivity index (χ1) is 9.43. The molecule has 0 radical (unpaired) electrons. The molecular formula is C13H17F2NO4. The Morgan fingerprint density at radius 3 is 2.55 bits per heavy atom. The number of hydrogen-bond acceptors (Lipinski definition) is 5. The molecule has 5 nitrogen and oxygen atoms in total. The first kappa shape index (κ1) is 16.2. The van der Waals surface area contributed by atoms with Gasteiger partial charge in [0.2, 0.25) is 0 Å². The van der Waals surface area contributed by atoms with E-state index in [1.807, 2.05) is 19.0 Å². The van der Waals surface area contributed by atoms with Crippen molar-refractivity contribution in [2.45, 2.75) is 6.61 Å². The third kappa shape index (κ3) is 5.00. The minimum Gasteiger partial charge on any atom is -0.493 e. The summed E-state index contributed by atoms with van der Waals surface area (Å²) in [4.78, 5) is 13.6. The summed E-state index contributed by atoms with van der Waals surface area (Å²) in [6.45, 7) is -2.12. The first-order valence-electron chi connectivity index (χ1n) is 5.88. The van der Waals surface area contributed by atoms with Crippen LogP contribution in [0, 0.1) is 0 Å². The molecular weight excluding hydrogens is 272 g/mol. The largest absolute Gasteiger partial charge is 0.493 e. The minimum atomic E-state index is -2.96. The Hall–Kier alpha value is -1.89. The highest BCUT2D eigenvalue weighted by molar-refractivity contribution is 5.90. The van der Waals surface area contributed by atoms with Gasteiger partial charge in [-0.15, -0.1) is 0 Å². The van der Waals surface area contributed by atoms with Crippen LogP contribution in [-0.2, 0) is 4.74 Å². The van der Waals surface area contributed by atoms with E-state index in [4.69, 9.17) is 9.47 Å². The van der Waals surface area contributed by atoms with Crippen LogP contribution in [-0.4, -0.2) is 51.8 Å². The fraction of sp³-hybridized carbons (Fsp3) is 0.462. The van der Waals surface area contributed by atoms with Crippen molar-refractivity contribution in [3.05, 3.63) is 23.8 Å². The lowest BCUT2D eigenvalue weighted by Gasteiger charge is -2.12. The predicted octanol–water partition coefficient (Wildman–Crippen LogP) is 2.02. The van der Waals surface area contributed by atoms with E-state index >= 15 is 0 Å². The topological polar surface area (TPSA) is 48.0 Å². The van der Waals surface area contributed by atoms with Gasteiger partial charge in [0, 0.05) is 6.54 Å². The molecule has 20 heavy (non-hydrogen) atoms.